The van der Waals surface area contributed by atoms with E-state index in [0.717, 1.165) is 0 Å². The summed E-state index contributed by atoms with van der Waals surface area (Å²) < 4.78 is 15.1. The van der Waals surface area contributed by atoms with Gasteiger partial charge in [-0.2, -0.15) is 0 Å². The van der Waals surface area contributed by atoms with Gasteiger partial charge in [0.25, 0.3) is 0 Å². The van der Waals surface area contributed by atoms with Gasteiger partial charge in [-0.1, -0.05) is 0 Å². The lowest BCUT2D eigenvalue weighted by atomic mass is 10.4. The van der Waals surface area contributed by atoms with Crippen LogP contribution >= 0.6 is 0 Å². The first-order valence-electron chi connectivity index (χ1n) is 5.28. The standard InChI is InChI=1S/C11H16N2O4/c1-8(2)16-4-5-17-10-7-12-6-9(13-10)11(14)15-3/h6-8H,4-5H2,1-3H3. The number of ether oxygens (including phenoxy) is 3. The van der Waals surface area contributed by atoms with Crippen molar-refractivity contribution in [2.24, 2.45) is 0 Å². The van der Waals surface area contributed by atoms with E-state index < -0.39 is 5.97 Å². The van der Waals surface area contributed by atoms with Crippen LogP contribution in [0.4, 0.5) is 0 Å². The summed E-state index contributed by atoms with van der Waals surface area (Å²) in [7, 11) is 1.29. The molecule has 1 aromatic rings. The Labute approximate surface area is 99.9 Å². The average molecular weight is 240 g/mol. The highest BCUT2D eigenvalue weighted by Crippen LogP contribution is 2.05. The van der Waals surface area contributed by atoms with Crippen LogP contribution < -0.4 is 4.74 Å². The summed E-state index contributed by atoms with van der Waals surface area (Å²) in [5, 5.41) is 0. The van der Waals surface area contributed by atoms with Gasteiger partial charge in [-0.3, -0.25) is 4.98 Å². The number of nitrogens with zero attached hydrogens (tertiary/aromatic N) is 2. The zero-order valence-corrected chi connectivity index (χ0v) is 10.2. The molecule has 6 heteroatoms. The van der Waals surface area contributed by atoms with Crippen molar-refractivity contribution in [3.63, 3.8) is 0 Å². The first kappa shape index (κ1) is 13.4. The number of carbonyl (C=O) groups is 1. The monoisotopic (exact) mass is 240 g/mol. The van der Waals surface area contributed by atoms with Crippen LogP contribution in [-0.4, -0.2) is 42.4 Å². The van der Waals surface area contributed by atoms with Crippen molar-refractivity contribution in [2.75, 3.05) is 20.3 Å². The molecule has 0 aromatic carbocycles. The van der Waals surface area contributed by atoms with E-state index in [0.29, 0.717) is 13.2 Å². The molecule has 6 nitrogen and oxygen atoms in total. The van der Waals surface area contributed by atoms with Crippen LogP contribution in [0.2, 0.25) is 0 Å². The fourth-order valence-corrected chi connectivity index (χ4v) is 1.05. The fourth-order valence-electron chi connectivity index (χ4n) is 1.05. The predicted molar refractivity (Wildman–Crippen MR) is 60.0 cm³/mol. The van der Waals surface area contributed by atoms with Crippen LogP contribution in [0.1, 0.15) is 24.3 Å². The third kappa shape index (κ3) is 4.78. The van der Waals surface area contributed by atoms with Crippen LogP contribution in [0, 0.1) is 0 Å². The molecule has 0 saturated heterocycles. The van der Waals surface area contributed by atoms with E-state index in [9.17, 15) is 4.79 Å². The number of hydrogen-bond donors (Lipinski definition) is 0. The number of carbonyl (C=O) groups excluding carboxylic acids is 1. The van der Waals surface area contributed by atoms with Gasteiger partial charge in [0.1, 0.15) is 6.61 Å². The van der Waals surface area contributed by atoms with Crippen LogP contribution in [0.15, 0.2) is 12.4 Å². The minimum atomic E-state index is -0.540. The lowest BCUT2D eigenvalue weighted by Gasteiger charge is -2.08. The van der Waals surface area contributed by atoms with Crippen molar-refractivity contribution in [1.29, 1.82) is 0 Å². The number of methoxy groups -OCH3 is 1. The van der Waals surface area contributed by atoms with Crippen molar-refractivity contribution in [3.05, 3.63) is 18.1 Å². The molecule has 0 radical (unpaired) electrons. The maximum Gasteiger partial charge on any atom is 0.358 e. The molecule has 0 aliphatic rings. The van der Waals surface area contributed by atoms with Crippen molar-refractivity contribution in [1.82, 2.24) is 9.97 Å². The molecule has 0 unspecified atom stereocenters. The molecule has 1 rings (SSSR count). The second-order valence-electron chi connectivity index (χ2n) is 3.50. The van der Waals surface area contributed by atoms with Crippen LogP contribution in [-0.2, 0) is 9.47 Å². The van der Waals surface area contributed by atoms with E-state index in [1.165, 1.54) is 19.5 Å². The van der Waals surface area contributed by atoms with Gasteiger partial charge in [-0.25, -0.2) is 9.78 Å². The molecular formula is C11H16N2O4. The van der Waals surface area contributed by atoms with Crippen LogP contribution in [0.25, 0.3) is 0 Å². The summed E-state index contributed by atoms with van der Waals surface area (Å²) in [6, 6.07) is 0. The molecule has 1 aromatic heterocycles. The quantitative estimate of drug-likeness (QED) is 0.547. The van der Waals surface area contributed by atoms with Crippen LogP contribution in [0.5, 0.6) is 5.88 Å². The zero-order chi connectivity index (χ0) is 12.7. The summed E-state index contributed by atoms with van der Waals surface area (Å²) in [6.45, 7) is 4.70. The molecule has 0 spiro atoms. The van der Waals surface area contributed by atoms with Gasteiger partial charge in [0.15, 0.2) is 5.69 Å². The number of rotatable bonds is 6. The Morgan fingerprint density at radius 3 is 2.76 bits per heavy atom. The third-order valence-corrected chi connectivity index (χ3v) is 1.79. The lowest BCUT2D eigenvalue weighted by molar-refractivity contribution is 0.0535. The van der Waals surface area contributed by atoms with E-state index in [-0.39, 0.29) is 17.7 Å². The molecule has 0 aliphatic heterocycles. The second kappa shape index (κ2) is 6.80. The highest BCUT2D eigenvalue weighted by Gasteiger charge is 2.08. The maximum absolute atomic E-state index is 11.2. The Balaban J connectivity index is 2.46. The van der Waals surface area contributed by atoms with Gasteiger partial charge in [-0.15, -0.1) is 0 Å². The topological polar surface area (TPSA) is 70.5 Å². The average Bonchev–Trinajstić information content (AvgIpc) is 2.34. The summed E-state index contributed by atoms with van der Waals surface area (Å²) in [4.78, 5) is 19.0. The summed E-state index contributed by atoms with van der Waals surface area (Å²) >= 11 is 0. The van der Waals surface area contributed by atoms with E-state index in [1.54, 1.807) is 0 Å². The van der Waals surface area contributed by atoms with E-state index >= 15 is 0 Å². The molecule has 0 N–H and O–H groups in total. The Hall–Kier alpha value is -1.69. The largest absolute Gasteiger partial charge is 0.474 e. The summed E-state index contributed by atoms with van der Waals surface area (Å²) in [5.41, 5.74) is 0.120. The van der Waals surface area contributed by atoms with E-state index in [4.69, 9.17) is 9.47 Å². The molecule has 0 amide bonds. The normalized spacial score (nSPS) is 10.4. The first-order chi connectivity index (χ1) is 8.13. The second-order valence-corrected chi connectivity index (χ2v) is 3.50. The van der Waals surface area contributed by atoms with Crippen molar-refractivity contribution >= 4 is 5.97 Å². The Morgan fingerprint density at radius 1 is 1.35 bits per heavy atom. The van der Waals surface area contributed by atoms with Crippen LogP contribution in [0.3, 0.4) is 0 Å². The smallest absolute Gasteiger partial charge is 0.358 e. The molecule has 0 aliphatic carbocycles. The fraction of sp³-hybridized carbons (Fsp3) is 0.545. The molecule has 94 valence electrons. The number of esters is 1. The molecule has 0 saturated carbocycles. The molecule has 1 heterocycles. The van der Waals surface area contributed by atoms with Gasteiger partial charge >= 0.3 is 5.97 Å². The minimum Gasteiger partial charge on any atom is -0.474 e. The first-order valence-corrected chi connectivity index (χ1v) is 5.28. The summed E-state index contributed by atoms with van der Waals surface area (Å²) in [6.07, 6.45) is 2.91. The van der Waals surface area contributed by atoms with E-state index in [2.05, 4.69) is 14.7 Å². The van der Waals surface area contributed by atoms with Crippen molar-refractivity contribution in [3.8, 4) is 5.88 Å². The number of hydrogen-bond acceptors (Lipinski definition) is 6. The molecular weight excluding hydrogens is 224 g/mol. The predicted octanol–water partition coefficient (Wildman–Crippen LogP) is 1.07. The Kier molecular flexibility index (Phi) is 5.35. The SMILES string of the molecule is COC(=O)c1cncc(OCCOC(C)C)n1. The Bertz CT molecular complexity index is 368. The van der Waals surface area contributed by atoms with Gasteiger partial charge in [0.2, 0.25) is 5.88 Å². The lowest BCUT2D eigenvalue weighted by Crippen LogP contribution is -2.13. The molecule has 0 bridgehead atoms. The summed E-state index contributed by atoms with van der Waals surface area (Å²) in [5.74, 6) is -0.262. The number of aromatic nitrogens is 2. The van der Waals surface area contributed by atoms with Crippen molar-refractivity contribution in [2.45, 2.75) is 20.0 Å². The molecule has 17 heavy (non-hydrogen) atoms. The maximum atomic E-state index is 11.2. The van der Waals surface area contributed by atoms with Crippen molar-refractivity contribution < 1.29 is 19.0 Å². The van der Waals surface area contributed by atoms with Gasteiger partial charge < -0.3 is 14.2 Å². The van der Waals surface area contributed by atoms with Gasteiger partial charge in [-0.05, 0) is 13.8 Å². The highest BCUT2D eigenvalue weighted by molar-refractivity contribution is 5.86. The highest BCUT2D eigenvalue weighted by atomic mass is 16.5. The Morgan fingerprint density at radius 2 is 2.12 bits per heavy atom. The minimum absolute atomic E-state index is 0.120. The molecule has 0 atom stereocenters. The zero-order valence-electron chi connectivity index (χ0n) is 10.2. The van der Waals surface area contributed by atoms with Gasteiger partial charge in [0.05, 0.1) is 32.2 Å². The third-order valence-electron chi connectivity index (χ3n) is 1.79. The molecule has 0 fully saturated rings. The van der Waals surface area contributed by atoms with E-state index in [1.807, 2.05) is 13.8 Å². The van der Waals surface area contributed by atoms with Gasteiger partial charge in [0, 0.05) is 0 Å².